The molecule has 0 aliphatic rings. The number of rotatable bonds is 4. The summed E-state index contributed by atoms with van der Waals surface area (Å²) in [5.41, 5.74) is 1.45. The fraction of sp³-hybridized carbons (Fsp3) is 0.600. The Balaban J connectivity index is 2.95. The molecule has 84 valence electrons. The van der Waals surface area contributed by atoms with Gasteiger partial charge in [0.05, 0.1) is 22.8 Å². The summed E-state index contributed by atoms with van der Waals surface area (Å²) < 4.78 is 1.60. The first-order chi connectivity index (χ1) is 6.97. The van der Waals surface area contributed by atoms with Crippen molar-refractivity contribution in [1.82, 2.24) is 9.78 Å². The first-order valence-electron chi connectivity index (χ1n) is 4.88. The number of aliphatic hydroxyl groups is 1. The number of hydrogen-bond donors (Lipinski definition) is 1. The number of aryl methyl sites for hydroxylation is 2. The first-order valence-corrected chi connectivity index (χ1v) is 5.26. The Hall–Kier alpha value is -0.870. The lowest BCUT2D eigenvalue weighted by atomic mass is 10.1. The summed E-state index contributed by atoms with van der Waals surface area (Å²) in [6.07, 6.45) is -0.101. The summed E-state index contributed by atoms with van der Waals surface area (Å²) in [5.74, 6) is -0.248. The average molecular weight is 231 g/mol. The molecule has 1 N–H and O–H groups in total. The molecule has 0 amide bonds. The molecule has 0 bridgehead atoms. The fourth-order valence-corrected chi connectivity index (χ4v) is 1.69. The molecule has 5 heteroatoms. The maximum Gasteiger partial charge on any atom is 0.166 e. The molecule has 0 aliphatic carbocycles. The van der Waals surface area contributed by atoms with Gasteiger partial charge in [-0.05, 0) is 13.3 Å². The highest BCUT2D eigenvalue weighted by Crippen LogP contribution is 2.21. The van der Waals surface area contributed by atoms with Crippen molar-refractivity contribution >= 4 is 17.4 Å². The number of hydrogen-bond acceptors (Lipinski definition) is 3. The van der Waals surface area contributed by atoms with Crippen LogP contribution in [0.4, 0.5) is 0 Å². The number of ketones is 1. The monoisotopic (exact) mass is 230 g/mol. The van der Waals surface area contributed by atoms with E-state index in [0.717, 1.165) is 12.1 Å². The molecule has 0 aromatic carbocycles. The summed E-state index contributed by atoms with van der Waals surface area (Å²) in [6.45, 7) is 3.40. The van der Waals surface area contributed by atoms with Gasteiger partial charge in [0.25, 0.3) is 0 Å². The van der Waals surface area contributed by atoms with Crippen LogP contribution in [0.15, 0.2) is 0 Å². The number of nitrogens with zero attached hydrogens (tertiary/aromatic N) is 2. The minimum Gasteiger partial charge on any atom is -0.386 e. The van der Waals surface area contributed by atoms with E-state index in [9.17, 15) is 4.79 Å². The molecule has 0 aliphatic heterocycles. The molecule has 1 heterocycles. The zero-order chi connectivity index (χ0) is 11.6. The van der Waals surface area contributed by atoms with Crippen LogP contribution in [0.25, 0.3) is 0 Å². The van der Waals surface area contributed by atoms with Crippen molar-refractivity contribution in [3.8, 4) is 0 Å². The quantitative estimate of drug-likeness (QED) is 0.844. The van der Waals surface area contributed by atoms with E-state index in [4.69, 9.17) is 16.7 Å². The normalized spacial score (nSPS) is 12.9. The fourth-order valence-electron chi connectivity index (χ4n) is 1.32. The van der Waals surface area contributed by atoms with Gasteiger partial charge in [0, 0.05) is 7.05 Å². The molecule has 1 atom stereocenters. The molecule has 0 radical (unpaired) electrons. The van der Waals surface area contributed by atoms with Crippen molar-refractivity contribution < 1.29 is 9.90 Å². The second kappa shape index (κ2) is 4.77. The predicted molar refractivity (Wildman–Crippen MR) is 58.0 cm³/mol. The summed E-state index contributed by atoms with van der Waals surface area (Å²) >= 11 is 6.06. The maximum atomic E-state index is 11.4. The zero-order valence-corrected chi connectivity index (χ0v) is 9.88. The minimum atomic E-state index is -0.957. The van der Waals surface area contributed by atoms with Gasteiger partial charge in [-0.3, -0.25) is 9.48 Å². The van der Waals surface area contributed by atoms with Gasteiger partial charge in [-0.1, -0.05) is 18.5 Å². The van der Waals surface area contributed by atoms with Crippen LogP contribution in [-0.2, 0) is 24.7 Å². The summed E-state index contributed by atoms with van der Waals surface area (Å²) in [7, 11) is 1.75. The van der Waals surface area contributed by atoms with Crippen LogP contribution in [-0.4, -0.2) is 26.8 Å². The average Bonchev–Trinajstić information content (AvgIpc) is 2.44. The van der Waals surface area contributed by atoms with Crippen molar-refractivity contribution in [1.29, 1.82) is 0 Å². The molecule has 0 saturated carbocycles. The van der Waals surface area contributed by atoms with Gasteiger partial charge < -0.3 is 5.11 Å². The van der Waals surface area contributed by atoms with E-state index in [2.05, 4.69) is 5.10 Å². The number of Topliss-reactive ketones (excluding diaryl/α,β-unsaturated/α-hetero) is 1. The van der Waals surface area contributed by atoms with E-state index in [-0.39, 0.29) is 12.2 Å². The Morgan fingerprint density at radius 1 is 1.67 bits per heavy atom. The smallest absolute Gasteiger partial charge is 0.166 e. The third-order valence-electron chi connectivity index (χ3n) is 2.31. The lowest BCUT2D eigenvalue weighted by Gasteiger charge is -2.04. The first kappa shape index (κ1) is 12.2. The van der Waals surface area contributed by atoms with Crippen molar-refractivity contribution in [2.24, 2.45) is 7.05 Å². The number of halogens is 1. The van der Waals surface area contributed by atoms with Crippen molar-refractivity contribution in [3.05, 3.63) is 16.4 Å². The highest BCUT2D eigenvalue weighted by Gasteiger charge is 2.18. The Morgan fingerprint density at radius 2 is 2.27 bits per heavy atom. The Labute approximate surface area is 93.9 Å². The lowest BCUT2D eigenvalue weighted by molar-refractivity contribution is -0.125. The van der Waals surface area contributed by atoms with Crippen LogP contribution in [0, 0.1) is 0 Å². The number of aromatic nitrogens is 2. The highest BCUT2D eigenvalue weighted by atomic mass is 35.5. The van der Waals surface area contributed by atoms with E-state index in [1.54, 1.807) is 11.7 Å². The molecule has 1 aromatic heterocycles. The van der Waals surface area contributed by atoms with E-state index >= 15 is 0 Å². The second-order valence-corrected chi connectivity index (χ2v) is 3.88. The molecular formula is C10H15ClN2O2. The molecular weight excluding hydrogens is 216 g/mol. The third kappa shape index (κ3) is 2.58. The van der Waals surface area contributed by atoms with Gasteiger partial charge in [0.15, 0.2) is 5.78 Å². The molecule has 15 heavy (non-hydrogen) atoms. The third-order valence-corrected chi connectivity index (χ3v) is 2.75. The van der Waals surface area contributed by atoms with Gasteiger partial charge in [-0.15, -0.1) is 0 Å². The topological polar surface area (TPSA) is 55.1 Å². The summed E-state index contributed by atoms with van der Waals surface area (Å²) in [4.78, 5) is 11.4. The van der Waals surface area contributed by atoms with Crippen molar-refractivity contribution in [2.75, 3.05) is 0 Å². The van der Waals surface area contributed by atoms with Crippen LogP contribution in [0.5, 0.6) is 0 Å². The largest absolute Gasteiger partial charge is 0.386 e. The Bertz CT molecular complexity index is 372. The molecule has 0 saturated heterocycles. The van der Waals surface area contributed by atoms with Gasteiger partial charge in [-0.2, -0.15) is 5.10 Å². The van der Waals surface area contributed by atoms with Crippen LogP contribution in [0.3, 0.4) is 0 Å². The summed E-state index contributed by atoms with van der Waals surface area (Å²) in [6, 6.07) is 0. The SMILES string of the molecule is CCc1nn(C)c(CC(=O)C(C)O)c1Cl. The van der Waals surface area contributed by atoms with Crippen molar-refractivity contribution in [3.63, 3.8) is 0 Å². The molecule has 0 fully saturated rings. The zero-order valence-electron chi connectivity index (χ0n) is 9.12. The molecule has 1 rings (SSSR count). The molecule has 0 spiro atoms. The molecule has 1 aromatic rings. The van der Waals surface area contributed by atoms with Gasteiger partial charge >= 0.3 is 0 Å². The molecule has 1 unspecified atom stereocenters. The molecule has 4 nitrogen and oxygen atoms in total. The van der Waals surface area contributed by atoms with E-state index in [0.29, 0.717) is 10.7 Å². The van der Waals surface area contributed by atoms with E-state index < -0.39 is 6.10 Å². The van der Waals surface area contributed by atoms with Crippen LogP contribution in [0.1, 0.15) is 25.2 Å². The lowest BCUT2D eigenvalue weighted by Crippen LogP contribution is -2.19. The maximum absolute atomic E-state index is 11.4. The second-order valence-electron chi connectivity index (χ2n) is 3.50. The number of carbonyl (C=O) groups is 1. The Kier molecular flexibility index (Phi) is 3.88. The summed E-state index contributed by atoms with van der Waals surface area (Å²) in [5, 5.41) is 13.8. The van der Waals surface area contributed by atoms with Gasteiger partial charge in [0.2, 0.25) is 0 Å². The highest BCUT2D eigenvalue weighted by molar-refractivity contribution is 6.32. The van der Waals surface area contributed by atoms with E-state index in [1.165, 1.54) is 6.92 Å². The minimum absolute atomic E-state index is 0.125. The van der Waals surface area contributed by atoms with Gasteiger partial charge in [0.1, 0.15) is 6.10 Å². The van der Waals surface area contributed by atoms with Crippen molar-refractivity contribution in [2.45, 2.75) is 32.8 Å². The van der Waals surface area contributed by atoms with Crippen LogP contribution in [0.2, 0.25) is 5.02 Å². The van der Waals surface area contributed by atoms with E-state index in [1.807, 2.05) is 6.92 Å². The number of aliphatic hydroxyl groups excluding tert-OH is 1. The predicted octanol–water partition coefficient (Wildman–Crippen LogP) is 1.13. The standard InChI is InChI=1S/C10H15ClN2O2/c1-4-7-10(11)8(13(3)12-7)5-9(15)6(2)14/h6,14H,4-5H2,1-3H3. The van der Waals surface area contributed by atoms with Crippen LogP contribution >= 0.6 is 11.6 Å². The van der Waals surface area contributed by atoms with Gasteiger partial charge in [-0.25, -0.2) is 0 Å². The Morgan fingerprint density at radius 3 is 2.67 bits per heavy atom. The van der Waals surface area contributed by atoms with Crippen LogP contribution < -0.4 is 0 Å². The number of carbonyl (C=O) groups excluding carboxylic acids is 1.